The van der Waals surface area contributed by atoms with Crippen LogP contribution in [0.25, 0.3) is 22.2 Å². The summed E-state index contributed by atoms with van der Waals surface area (Å²) >= 11 is 0. The summed E-state index contributed by atoms with van der Waals surface area (Å²) in [6.45, 7) is 2.67. The number of benzene rings is 1. The lowest BCUT2D eigenvalue weighted by molar-refractivity contribution is -0.140. The van der Waals surface area contributed by atoms with Crippen molar-refractivity contribution in [3.63, 3.8) is 0 Å². The van der Waals surface area contributed by atoms with Crippen molar-refractivity contribution in [2.45, 2.75) is 32.5 Å². The Bertz CT molecular complexity index is 1710. The van der Waals surface area contributed by atoms with E-state index in [2.05, 4.69) is 20.1 Å². The Morgan fingerprint density at radius 3 is 2.59 bits per heavy atom. The van der Waals surface area contributed by atoms with Crippen LogP contribution in [0.3, 0.4) is 0 Å². The maximum Gasteiger partial charge on any atom is 0.435 e. The number of nitrogens with zero attached hydrogens (tertiary/aromatic N) is 7. The highest BCUT2D eigenvalue weighted by Crippen LogP contribution is 2.40. The van der Waals surface area contributed by atoms with Gasteiger partial charge in [-0.3, -0.25) is 9.48 Å². The molecule has 0 unspecified atom stereocenters. The highest BCUT2D eigenvalue weighted by Gasteiger charge is 2.39. The van der Waals surface area contributed by atoms with Gasteiger partial charge in [0.1, 0.15) is 0 Å². The van der Waals surface area contributed by atoms with Crippen molar-refractivity contribution in [2.24, 2.45) is 7.05 Å². The Kier molecular flexibility index (Phi) is 5.93. The predicted molar refractivity (Wildman–Crippen MR) is 139 cm³/mol. The first-order chi connectivity index (χ1) is 18.7. The first-order valence-corrected chi connectivity index (χ1v) is 12.5. The number of pyridine rings is 2. The van der Waals surface area contributed by atoms with E-state index in [9.17, 15) is 18.0 Å². The standard InChI is InChI=1S/C28H24F3N7O/c1-3-17-10-22-24(4-6-33-26(22)34-13-17)38-8-5-19-20(23-15-36(2)35-25(23)28(29,30)31)11-18(12-21(19)27(38)39)14-37-9-7-32-16-37/h4,6-7,9-13,15-16H,3,5,8,14H2,1-2H3. The number of carbonyl (C=O) groups is 1. The molecule has 1 amide bonds. The number of rotatable bonds is 5. The van der Waals surface area contributed by atoms with Crippen LogP contribution < -0.4 is 4.90 Å². The molecule has 6 rings (SSSR count). The molecule has 1 aliphatic rings. The highest BCUT2D eigenvalue weighted by molar-refractivity contribution is 6.12. The van der Waals surface area contributed by atoms with E-state index in [1.54, 1.807) is 58.8 Å². The van der Waals surface area contributed by atoms with Gasteiger partial charge in [-0.2, -0.15) is 18.3 Å². The fourth-order valence-electron chi connectivity index (χ4n) is 5.20. The molecular formula is C28H24F3N7O. The maximum atomic E-state index is 14.1. The Balaban J connectivity index is 1.52. The van der Waals surface area contributed by atoms with Gasteiger partial charge < -0.3 is 9.47 Å². The largest absolute Gasteiger partial charge is 0.435 e. The Morgan fingerprint density at radius 1 is 1.03 bits per heavy atom. The minimum Gasteiger partial charge on any atom is -0.333 e. The van der Waals surface area contributed by atoms with Crippen molar-refractivity contribution >= 4 is 22.6 Å². The molecule has 0 atom stereocenters. The van der Waals surface area contributed by atoms with E-state index < -0.39 is 11.9 Å². The molecule has 39 heavy (non-hydrogen) atoms. The van der Waals surface area contributed by atoms with E-state index >= 15 is 0 Å². The SMILES string of the molecule is CCc1cnc2nccc(N3CCc4c(cc(Cn5ccnc5)cc4-c4cn(C)nc4C(F)(F)F)C3=O)c2c1. The molecule has 0 saturated carbocycles. The van der Waals surface area contributed by atoms with Crippen molar-refractivity contribution in [1.29, 1.82) is 0 Å². The van der Waals surface area contributed by atoms with Gasteiger partial charge in [-0.05, 0) is 59.4 Å². The summed E-state index contributed by atoms with van der Waals surface area (Å²) in [7, 11) is 1.46. The predicted octanol–water partition coefficient (Wildman–Crippen LogP) is 5.06. The monoisotopic (exact) mass is 531 g/mol. The molecule has 8 nitrogen and oxygen atoms in total. The average molecular weight is 532 g/mol. The lowest BCUT2D eigenvalue weighted by Gasteiger charge is -2.31. The quantitative estimate of drug-likeness (QED) is 0.317. The summed E-state index contributed by atoms with van der Waals surface area (Å²) in [5, 5.41) is 4.47. The number of aromatic nitrogens is 6. The summed E-state index contributed by atoms with van der Waals surface area (Å²) in [6, 6.07) is 7.27. The molecule has 0 fully saturated rings. The third-order valence-corrected chi connectivity index (χ3v) is 7.01. The van der Waals surface area contributed by atoms with E-state index in [-0.39, 0.29) is 11.5 Å². The summed E-state index contributed by atoms with van der Waals surface area (Å²) in [5.74, 6) is -0.281. The average Bonchev–Trinajstić information content (AvgIpc) is 3.58. The summed E-state index contributed by atoms with van der Waals surface area (Å²) in [6.07, 6.45) is 6.28. The third kappa shape index (κ3) is 4.43. The second kappa shape index (κ2) is 9.33. The number of amides is 1. The van der Waals surface area contributed by atoms with Crippen LogP contribution in [-0.4, -0.2) is 41.8 Å². The fourth-order valence-corrected chi connectivity index (χ4v) is 5.20. The topological polar surface area (TPSA) is 81.7 Å². The fraction of sp³-hybridized carbons (Fsp3) is 0.250. The minimum atomic E-state index is -4.64. The number of aryl methyl sites for hydroxylation is 2. The Morgan fingerprint density at radius 2 is 1.85 bits per heavy atom. The van der Waals surface area contributed by atoms with Gasteiger partial charge >= 0.3 is 6.18 Å². The lowest BCUT2D eigenvalue weighted by atomic mass is 9.88. The lowest BCUT2D eigenvalue weighted by Crippen LogP contribution is -2.38. The van der Waals surface area contributed by atoms with Gasteiger partial charge in [-0.1, -0.05) is 6.92 Å². The van der Waals surface area contributed by atoms with Gasteiger partial charge in [0.25, 0.3) is 5.91 Å². The zero-order valence-electron chi connectivity index (χ0n) is 21.3. The molecule has 0 spiro atoms. The molecule has 0 aliphatic carbocycles. The number of halogens is 3. The molecule has 1 aromatic carbocycles. The van der Waals surface area contributed by atoms with Gasteiger partial charge in [0, 0.05) is 67.6 Å². The Labute approximate surface area is 221 Å². The van der Waals surface area contributed by atoms with Gasteiger partial charge in [-0.15, -0.1) is 0 Å². The normalized spacial score (nSPS) is 13.8. The first-order valence-electron chi connectivity index (χ1n) is 12.5. The summed E-state index contributed by atoms with van der Waals surface area (Å²) < 4.78 is 44.9. The van der Waals surface area contributed by atoms with E-state index in [0.717, 1.165) is 22.1 Å². The number of imidazole rings is 1. The first kappa shape index (κ1) is 24.8. The Hall–Kier alpha value is -4.54. The van der Waals surface area contributed by atoms with Crippen molar-refractivity contribution in [1.82, 2.24) is 29.3 Å². The van der Waals surface area contributed by atoms with Crippen LogP contribution in [-0.2, 0) is 32.6 Å². The smallest absolute Gasteiger partial charge is 0.333 e. The second-order valence-corrected chi connectivity index (χ2v) is 9.57. The number of hydrogen-bond acceptors (Lipinski definition) is 5. The van der Waals surface area contributed by atoms with Crippen molar-refractivity contribution in [3.05, 3.63) is 89.5 Å². The number of alkyl halides is 3. The summed E-state index contributed by atoms with van der Waals surface area (Å²) in [5.41, 5.74) is 3.21. The molecule has 0 N–H and O–H groups in total. The van der Waals surface area contributed by atoms with Crippen LogP contribution in [0.2, 0.25) is 0 Å². The van der Waals surface area contributed by atoms with Crippen LogP contribution >= 0.6 is 0 Å². The molecule has 5 aromatic rings. The molecule has 0 bridgehead atoms. The van der Waals surface area contributed by atoms with Crippen LogP contribution in [0.4, 0.5) is 18.9 Å². The van der Waals surface area contributed by atoms with E-state index in [1.807, 2.05) is 13.0 Å². The van der Waals surface area contributed by atoms with Crippen molar-refractivity contribution < 1.29 is 18.0 Å². The molecule has 5 heterocycles. The van der Waals surface area contributed by atoms with Crippen LogP contribution in [0.15, 0.2) is 61.6 Å². The van der Waals surface area contributed by atoms with Crippen LogP contribution in [0.5, 0.6) is 0 Å². The maximum absolute atomic E-state index is 14.1. The van der Waals surface area contributed by atoms with Gasteiger partial charge in [0.2, 0.25) is 0 Å². The molecule has 1 aliphatic heterocycles. The van der Waals surface area contributed by atoms with Crippen molar-refractivity contribution in [2.75, 3.05) is 11.4 Å². The zero-order chi connectivity index (χ0) is 27.3. The zero-order valence-corrected chi connectivity index (χ0v) is 21.3. The van der Waals surface area contributed by atoms with Crippen molar-refractivity contribution in [3.8, 4) is 11.1 Å². The highest BCUT2D eigenvalue weighted by atomic mass is 19.4. The van der Waals surface area contributed by atoms with E-state index in [4.69, 9.17) is 0 Å². The number of hydrogen-bond donors (Lipinski definition) is 0. The molecule has 0 saturated heterocycles. The molecule has 11 heteroatoms. The molecule has 4 aromatic heterocycles. The molecule has 0 radical (unpaired) electrons. The molecule has 198 valence electrons. The second-order valence-electron chi connectivity index (χ2n) is 9.57. The van der Waals surface area contributed by atoms with Crippen LogP contribution in [0.1, 0.15) is 39.7 Å². The summed E-state index contributed by atoms with van der Waals surface area (Å²) in [4.78, 5) is 28.6. The van der Waals surface area contributed by atoms with Crippen LogP contribution in [0, 0.1) is 0 Å². The number of fused-ring (bicyclic) bond motifs is 2. The van der Waals surface area contributed by atoms with Gasteiger partial charge in [0.05, 0.1) is 12.0 Å². The van der Waals surface area contributed by atoms with Gasteiger partial charge in [0.15, 0.2) is 11.3 Å². The minimum absolute atomic E-state index is 0.0406. The number of carbonyl (C=O) groups excluding carboxylic acids is 1. The number of anilines is 1. The van der Waals surface area contributed by atoms with E-state index in [0.29, 0.717) is 53.1 Å². The third-order valence-electron chi connectivity index (χ3n) is 7.01. The van der Waals surface area contributed by atoms with Gasteiger partial charge in [-0.25, -0.2) is 15.0 Å². The van der Waals surface area contributed by atoms with E-state index in [1.165, 1.54) is 13.2 Å². The molecular weight excluding hydrogens is 507 g/mol.